The van der Waals surface area contributed by atoms with Crippen LogP contribution in [0.1, 0.15) is 21.6 Å². The van der Waals surface area contributed by atoms with E-state index in [0.717, 1.165) is 20.1 Å². The summed E-state index contributed by atoms with van der Waals surface area (Å²) in [7, 11) is 1.58. The fourth-order valence-corrected chi connectivity index (χ4v) is 3.24. The highest BCUT2D eigenvalue weighted by Gasteiger charge is 2.09. The number of nitrogens with one attached hydrogen (secondary N) is 1. The van der Waals surface area contributed by atoms with Gasteiger partial charge in [0.1, 0.15) is 5.75 Å². The molecule has 27 heavy (non-hydrogen) atoms. The number of ether oxygens (including phenoxy) is 1. The Morgan fingerprint density at radius 2 is 2.04 bits per heavy atom. The fraction of sp³-hybridized carbons (Fsp3) is 0.105. The summed E-state index contributed by atoms with van der Waals surface area (Å²) in [6.07, 6.45) is 3.29. The Kier molecular flexibility index (Phi) is 6.41. The number of aromatic nitrogens is 2. The standard InChI is InChI=1S/C19H16Br2N4O2/c1-27-18-6-5-16(21)10-14(18)11-22-23-19(26)17-7-8-25(24-17)12-13-3-2-4-15(20)9-13/h2-11H,12H2,1H3,(H,23,26)/b22-11+. The van der Waals surface area contributed by atoms with Crippen molar-refractivity contribution in [2.24, 2.45) is 5.10 Å². The number of carbonyl (C=O) groups is 1. The summed E-state index contributed by atoms with van der Waals surface area (Å²) in [4.78, 5) is 12.2. The zero-order valence-electron chi connectivity index (χ0n) is 14.4. The molecule has 0 saturated heterocycles. The van der Waals surface area contributed by atoms with Crippen LogP contribution in [0.2, 0.25) is 0 Å². The average Bonchev–Trinajstić information content (AvgIpc) is 3.10. The van der Waals surface area contributed by atoms with E-state index in [2.05, 4.69) is 47.5 Å². The lowest BCUT2D eigenvalue weighted by Gasteiger charge is -2.04. The van der Waals surface area contributed by atoms with Gasteiger partial charge in [-0.2, -0.15) is 10.2 Å². The SMILES string of the molecule is COc1ccc(Br)cc1/C=N/NC(=O)c1ccn(Cc2cccc(Br)c2)n1. The molecule has 0 saturated carbocycles. The summed E-state index contributed by atoms with van der Waals surface area (Å²) in [6, 6.07) is 15.1. The third kappa shape index (κ3) is 5.27. The van der Waals surface area contributed by atoms with Gasteiger partial charge in [0.05, 0.1) is 19.9 Å². The van der Waals surface area contributed by atoms with E-state index in [1.165, 1.54) is 6.21 Å². The molecule has 0 spiro atoms. The number of carbonyl (C=O) groups excluding carboxylic acids is 1. The van der Waals surface area contributed by atoms with Crippen LogP contribution < -0.4 is 10.2 Å². The molecule has 0 fully saturated rings. The highest BCUT2D eigenvalue weighted by atomic mass is 79.9. The number of rotatable bonds is 6. The van der Waals surface area contributed by atoms with Gasteiger partial charge in [-0.3, -0.25) is 9.48 Å². The van der Waals surface area contributed by atoms with Gasteiger partial charge in [-0.1, -0.05) is 44.0 Å². The number of methoxy groups -OCH3 is 1. The van der Waals surface area contributed by atoms with E-state index in [4.69, 9.17) is 4.74 Å². The molecule has 0 aliphatic carbocycles. The van der Waals surface area contributed by atoms with Gasteiger partial charge < -0.3 is 4.74 Å². The van der Waals surface area contributed by atoms with Crippen molar-refractivity contribution in [1.82, 2.24) is 15.2 Å². The average molecular weight is 492 g/mol. The second-order valence-corrected chi connectivity index (χ2v) is 7.45. The predicted molar refractivity (Wildman–Crippen MR) is 111 cm³/mol. The molecule has 0 radical (unpaired) electrons. The van der Waals surface area contributed by atoms with Crippen LogP contribution in [0.5, 0.6) is 5.75 Å². The largest absolute Gasteiger partial charge is 0.496 e. The first-order valence-electron chi connectivity index (χ1n) is 8.00. The van der Waals surface area contributed by atoms with Crippen molar-refractivity contribution >= 4 is 44.0 Å². The predicted octanol–water partition coefficient (Wildman–Crippen LogP) is 4.23. The van der Waals surface area contributed by atoms with Gasteiger partial charge in [-0.15, -0.1) is 0 Å². The number of hydrogen-bond donors (Lipinski definition) is 1. The Bertz CT molecular complexity index is 985. The van der Waals surface area contributed by atoms with Gasteiger partial charge in [-0.05, 0) is 42.0 Å². The first-order valence-corrected chi connectivity index (χ1v) is 9.58. The molecular weight excluding hydrogens is 476 g/mol. The molecule has 3 rings (SSSR count). The third-order valence-electron chi connectivity index (χ3n) is 3.67. The summed E-state index contributed by atoms with van der Waals surface area (Å²) < 4.78 is 8.87. The summed E-state index contributed by atoms with van der Waals surface area (Å²) in [5, 5.41) is 8.28. The number of hydrazone groups is 1. The molecule has 0 unspecified atom stereocenters. The van der Waals surface area contributed by atoms with Crippen molar-refractivity contribution in [3.8, 4) is 5.75 Å². The van der Waals surface area contributed by atoms with Crippen molar-refractivity contribution in [2.75, 3.05) is 7.11 Å². The van der Waals surface area contributed by atoms with Crippen molar-refractivity contribution in [3.63, 3.8) is 0 Å². The summed E-state index contributed by atoms with van der Waals surface area (Å²) in [5.41, 5.74) is 4.60. The maximum atomic E-state index is 12.2. The maximum absolute atomic E-state index is 12.2. The Balaban J connectivity index is 1.64. The van der Waals surface area contributed by atoms with E-state index in [9.17, 15) is 4.79 Å². The van der Waals surface area contributed by atoms with Gasteiger partial charge in [0, 0.05) is 20.7 Å². The first-order chi connectivity index (χ1) is 13.0. The molecule has 3 aromatic rings. The molecule has 0 aliphatic heterocycles. The number of halogens is 2. The highest BCUT2D eigenvalue weighted by Crippen LogP contribution is 2.21. The minimum Gasteiger partial charge on any atom is -0.496 e. The highest BCUT2D eigenvalue weighted by molar-refractivity contribution is 9.10. The Morgan fingerprint density at radius 1 is 1.22 bits per heavy atom. The topological polar surface area (TPSA) is 68.5 Å². The monoisotopic (exact) mass is 490 g/mol. The van der Waals surface area contributed by atoms with Crippen LogP contribution in [-0.2, 0) is 6.54 Å². The zero-order valence-corrected chi connectivity index (χ0v) is 17.6. The summed E-state index contributed by atoms with van der Waals surface area (Å²) in [5.74, 6) is 0.280. The molecule has 2 aromatic carbocycles. The molecule has 0 aliphatic rings. The zero-order chi connectivity index (χ0) is 19.2. The molecule has 138 valence electrons. The lowest BCUT2D eigenvalue weighted by molar-refractivity contribution is 0.0949. The van der Waals surface area contributed by atoms with Crippen LogP contribution in [0.25, 0.3) is 0 Å². The van der Waals surface area contributed by atoms with Crippen LogP contribution in [0.15, 0.2) is 68.8 Å². The van der Waals surface area contributed by atoms with Crippen LogP contribution in [0, 0.1) is 0 Å². The molecule has 8 heteroatoms. The lowest BCUT2D eigenvalue weighted by Crippen LogP contribution is -2.18. The molecule has 1 aromatic heterocycles. The van der Waals surface area contributed by atoms with Crippen molar-refractivity contribution in [2.45, 2.75) is 6.54 Å². The van der Waals surface area contributed by atoms with Crippen LogP contribution >= 0.6 is 31.9 Å². The first kappa shape index (κ1) is 19.3. The van der Waals surface area contributed by atoms with Gasteiger partial charge in [0.15, 0.2) is 5.69 Å². The lowest BCUT2D eigenvalue weighted by atomic mass is 10.2. The maximum Gasteiger partial charge on any atom is 0.291 e. The Labute approximate surface area is 173 Å². The van der Waals surface area contributed by atoms with Gasteiger partial charge >= 0.3 is 0 Å². The Hall–Kier alpha value is -2.45. The minimum absolute atomic E-state index is 0.295. The molecular formula is C19H16Br2N4O2. The molecule has 1 amide bonds. The number of nitrogens with zero attached hydrogens (tertiary/aromatic N) is 3. The third-order valence-corrected chi connectivity index (χ3v) is 4.65. The van der Waals surface area contributed by atoms with Crippen molar-refractivity contribution in [1.29, 1.82) is 0 Å². The number of benzene rings is 2. The van der Waals surface area contributed by atoms with Gasteiger partial charge in [-0.25, -0.2) is 5.43 Å². The minimum atomic E-state index is -0.381. The van der Waals surface area contributed by atoms with Crippen LogP contribution in [-0.4, -0.2) is 29.0 Å². The summed E-state index contributed by atoms with van der Waals surface area (Å²) >= 11 is 6.84. The van der Waals surface area contributed by atoms with Crippen molar-refractivity contribution in [3.05, 3.63) is 80.5 Å². The van der Waals surface area contributed by atoms with E-state index < -0.39 is 0 Å². The van der Waals surface area contributed by atoms with E-state index in [1.54, 1.807) is 24.1 Å². The van der Waals surface area contributed by atoms with E-state index in [-0.39, 0.29) is 5.91 Å². The molecule has 0 atom stereocenters. The molecule has 0 bridgehead atoms. The second-order valence-electron chi connectivity index (χ2n) is 5.61. The van der Waals surface area contributed by atoms with Gasteiger partial charge in [0.2, 0.25) is 0 Å². The Morgan fingerprint density at radius 3 is 2.81 bits per heavy atom. The normalized spacial score (nSPS) is 10.9. The molecule has 6 nitrogen and oxygen atoms in total. The van der Waals surface area contributed by atoms with Crippen LogP contribution in [0.4, 0.5) is 0 Å². The molecule has 1 heterocycles. The quantitative estimate of drug-likeness (QED) is 0.414. The fourth-order valence-electron chi connectivity index (χ4n) is 2.42. The van der Waals surface area contributed by atoms with E-state index in [0.29, 0.717) is 18.0 Å². The van der Waals surface area contributed by atoms with E-state index >= 15 is 0 Å². The smallest absolute Gasteiger partial charge is 0.291 e. The van der Waals surface area contributed by atoms with E-state index in [1.807, 2.05) is 42.5 Å². The second kappa shape index (κ2) is 8.96. The number of hydrogen-bond acceptors (Lipinski definition) is 4. The summed E-state index contributed by atoms with van der Waals surface area (Å²) in [6.45, 7) is 0.575. The van der Waals surface area contributed by atoms with Crippen LogP contribution in [0.3, 0.4) is 0 Å². The number of amides is 1. The van der Waals surface area contributed by atoms with Crippen molar-refractivity contribution < 1.29 is 9.53 Å². The molecule has 1 N–H and O–H groups in total. The van der Waals surface area contributed by atoms with Gasteiger partial charge in [0.25, 0.3) is 5.91 Å².